The normalized spacial score (nSPS) is 18.0. The van der Waals surface area contributed by atoms with E-state index in [1.165, 1.54) is 6.07 Å². The van der Waals surface area contributed by atoms with E-state index in [-0.39, 0.29) is 17.1 Å². The van der Waals surface area contributed by atoms with Gasteiger partial charge in [0.1, 0.15) is 18.1 Å². The first kappa shape index (κ1) is 20.6. The Morgan fingerprint density at radius 3 is 2.73 bits per heavy atom. The molecule has 1 aromatic carbocycles. The van der Waals surface area contributed by atoms with Gasteiger partial charge < -0.3 is 4.42 Å². The fourth-order valence-electron chi connectivity index (χ4n) is 3.92. The maximum atomic E-state index is 13.3. The number of oxazole rings is 1. The molecule has 0 saturated carbocycles. The molecule has 160 valence electrons. The summed E-state index contributed by atoms with van der Waals surface area (Å²) in [7, 11) is 0. The lowest BCUT2D eigenvalue weighted by Crippen LogP contribution is -2.35. The molecule has 0 N–H and O–H groups in total. The number of likely N-dealkylation sites (tertiary alicyclic amines) is 1. The smallest absolute Gasteiger partial charge is 0.406 e. The van der Waals surface area contributed by atoms with Gasteiger partial charge in [-0.3, -0.25) is 14.3 Å². The number of halogens is 3. The van der Waals surface area contributed by atoms with Gasteiger partial charge in [-0.25, -0.2) is 9.97 Å². The summed E-state index contributed by atoms with van der Waals surface area (Å²) in [6.07, 6.45) is -1.45. The van der Waals surface area contributed by atoms with Crippen molar-refractivity contribution in [2.45, 2.75) is 57.9 Å². The quantitative estimate of drug-likeness (QED) is 0.612. The number of alkyl halides is 3. The van der Waals surface area contributed by atoms with Gasteiger partial charge in [0, 0.05) is 5.92 Å². The minimum absolute atomic E-state index is 0.143. The van der Waals surface area contributed by atoms with Crippen LogP contribution in [0, 0.1) is 0 Å². The van der Waals surface area contributed by atoms with Crippen molar-refractivity contribution in [2.24, 2.45) is 0 Å². The van der Waals surface area contributed by atoms with Crippen molar-refractivity contribution in [3.8, 4) is 0 Å². The zero-order valence-corrected chi connectivity index (χ0v) is 16.8. The highest BCUT2D eigenvalue weighted by molar-refractivity contribution is 5.77. The maximum absolute atomic E-state index is 13.3. The summed E-state index contributed by atoms with van der Waals surface area (Å²) < 4.78 is 46.4. The van der Waals surface area contributed by atoms with Crippen molar-refractivity contribution in [1.29, 1.82) is 0 Å². The highest BCUT2D eigenvalue weighted by Crippen LogP contribution is 2.33. The van der Waals surface area contributed by atoms with E-state index >= 15 is 0 Å². The van der Waals surface area contributed by atoms with Gasteiger partial charge >= 0.3 is 6.18 Å². The van der Waals surface area contributed by atoms with E-state index in [1.807, 2.05) is 18.7 Å². The largest absolute Gasteiger partial charge is 0.444 e. The third kappa shape index (κ3) is 4.12. The number of fused-ring (bicyclic) bond motifs is 1. The summed E-state index contributed by atoms with van der Waals surface area (Å²) in [4.78, 5) is 23.7. The molecule has 1 aliphatic heterocycles. The number of benzene rings is 1. The van der Waals surface area contributed by atoms with E-state index in [9.17, 15) is 18.0 Å². The van der Waals surface area contributed by atoms with Gasteiger partial charge in [0.05, 0.1) is 29.7 Å². The molecule has 0 aliphatic carbocycles. The monoisotopic (exact) mass is 420 g/mol. The number of rotatable bonds is 5. The summed E-state index contributed by atoms with van der Waals surface area (Å²) >= 11 is 0. The summed E-state index contributed by atoms with van der Waals surface area (Å²) in [5.41, 5.74) is -0.265. The standard InChI is InChI=1S/C21H23F3N4O2/c1-13(2)17-10-25-18(30-17)11-27-9-5-8-16(27)19-26-15-7-4-3-6-14(15)20(29)28(19)12-21(22,23)24/h3-4,6-7,10,13,16H,5,8-9,11-12H2,1-2H3. The Bertz CT molecular complexity index is 1100. The summed E-state index contributed by atoms with van der Waals surface area (Å²) in [5, 5.41) is 0.185. The fraction of sp³-hybridized carbons (Fsp3) is 0.476. The second kappa shape index (κ2) is 7.86. The minimum Gasteiger partial charge on any atom is -0.444 e. The van der Waals surface area contributed by atoms with E-state index in [4.69, 9.17) is 4.42 Å². The van der Waals surface area contributed by atoms with Crippen LogP contribution in [0.15, 0.2) is 39.7 Å². The lowest BCUT2D eigenvalue weighted by Gasteiger charge is -2.26. The molecule has 30 heavy (non-hydrogen) atoms. The molecule has 1 atom stereocenters. The van der Waals surface area contributed by atoms with Crippen LogP contribution in [0.3, 0.4) is 0 Å². The molecule has 2 aromatic heterocycles. The van der Waals surface area contributed by atoms with Gasteiger partial charge in [0.2, 0.25) is 5.89 Å². The molecule has 1 fully saturated rings. The summed E-state index contributed by atoms with van der Waals surface area (Å²) in [6.45, 7) is 3.65. The number of hydrogen-bond donors (Lipinski definition) is 0. The first-order valence-corrected chi connectivity index (χ1v) is 9.98. The van der Waals surface area contributed by atoms with Crippen LogP contribution in [-0.4, -0.2) is 32.2 Å². The van der Waals surface area contributed by atoms with Gasteiger partial charge in [0.25, 0.3) is 5.56 Å². The number of nitrogens with zero attached hydrogens (tertiary/aromatic N) is 4. The van der Waals surface area contributed by atoms with Crippen LogP contribution in [0.25, 0.3) is 10.9 Å². The number of hydrogen-bond acceptors (Lipinski definition) is 5. The van der Waals surface area contributed by atoms with Crippen molar-refractivity contribution >= 4 is 10.9 Å². The first-order chi connectivity index (χ1) is 14.2. The molecule has 0 bridgehead atoms. The predicted molar refractivity (Wildman–Crippen MR) is 105 cm³/mol. The molecule has 3 aromatic rings. The Labute approximate surface area is 171 Å². The topological polar surface area (TPSA) is 64.2 Å². The van der Waals surface area contributed by atoms with Crippen LogP contribution in [0.4, 0.5) is 13.2 Å². The average molecular weight is 420 g/mol. The van der Waals surface area contributed by atoms with Gasteiger partial charge in [-0.2, -0.15) is 13.2 Å². The Kier molecular flexibility index (Phi) is 5.40. The van der Waals surface area contributed by atoms with E-state index in [1.54, 1.807) is 24.4 Å². The Morgan fingerprint density at radius 2 is 2.03 bits per heavy atom. The van der Waals surface area contributed by atoms with Crippen LogP contribution < -0.4 is 5.56 Å². The third-order valence-corrected chi connectivity index (χ3v) is 5.37. The Morgan fingerprint density at radius 1 is 1.27 bits per heavy atom. The molecule has 0 radical (unpaired) electrons. The molecule has 4 rings (SSSR count). The predicted octanol–water partition coefficient (Wildman–Crippen LogP) is 4.41. The van der Waals surface area contributed by atoms with Gasteiger partial charge in [-0.1, -0.05) is 26.0 Å². The maximum Gasteiger partial charge on any atom is 0.406 e. The summed E-state index contributed by atoms with van der Waals surface area (Å²) in [6, 6.07) is 6.09. The SMILES string of the molecule is CC(C)c1cnc(CN2CCCC2c2nc3ccccc3c(=O)n2CC(F)(F)F)o1. The molecule has 9 heteroatoms. The molecular formula is C21H23F3N4O2. The van der Waals surface area contributed by atoms with Crippen LogP contribution in [0.2, 0.25) is 0 Å². The van der Waals surface area contributed by atoms with Crippen molar-refractivity contribution in [3.05, 3.63) is 58.3 Å². The third-order valence-electron chi connectivity index (χ3n) is 5.37. The zero-order valence-electron chi connectivity index (χ0n) is 16.8. The van der Waals surface area contributed by atoms with E-state index in [0.29, 0.717) is 30.9 Å². The highest BCUT2D eigenvalue weighted by atomic mass is 19.4. The Balaban J connectivity index is 1.74. The fourth-order valence-corrected chi connectivity index (χ4v) is 3.92. The molecule has 0 amide bonds. The van der Waals surface area contributed by atoms with Gasteiger partial charge in [0.15, 0.2) is 0 Å². The van der Waals surface area contributed by atoms with E-state index < -0.39 is 24.3 Å². The van der Waals surface area contributed by atoms with Crippen molar-refractivity contribution in [1.82, 2.24) is 19.4 Å². The second-order valence-electron chi connectivity index (χ2n) is 7.93. The number of aromatic nitrogens is 3. The highest BCUT2D eigenvalue weighted by Gasteiger charge is 2.35. The van der Waals surface area contributed by atoms with E-state index in [0.717, 1.165) is 16.7 Å². The first-order valence-electron chi connectivity index (χ1n) is 9.98. The van der Waals surface area contributed by atoms with Crippen molar-refractivity contribution in [2.75, 3.05) is 6.54 Å². The minimum atomic E-state index is -4.53. The van der Waals surface area contributed by atoms with Crippen molar-refractivity contribution in [3.63, 3.8) is 0 Å². The Hall–Kier alpha value is -2.68. The van der Waals surface area contributed by atoms with Crippen molar-refractivity contribution < 1.29 is 17.6 Å². The molecule has 6 nitrogen and oxygen atoms in total. The van der Waals surface area contributed by atoms with Crippen LogP contribution in [-0.2, 0) is 13.1 Å². The molecular weight excluding hydrogens is 397 g/mol. The molecule has 3 heterocycles. The van der Waals surface area contributed by atoms with Crippen LogP contribution in [0.1, 0.15) is 56.1 Å². The van der Waals surface area contributed by atoms with Crippen LogP contribution >= 0.6 is 0 Å². The summed E-state index contributed by atoms with van der Waals surface area (Å²) in [5.74, 6) is 1.61. The van der Waals surface area contributed by atoms with Gasteiger partial charge in [-0.15, -0.1) is 0 Å². The molecule has 0 spiro atoms. The zero-order chi connectivity index (χ0) is 21.5. The lowest BCUT2D eigenvalue weighted by molar-refractivity contribution is -0.142. The second-order valence-corrected chi connectivity index (χ2v) is 7.93. The molecule has 1 aliphatic rings. The van der Waals surface area contributed by atoms with Crippen LogP contribution in [0.5, 0.6) is 0 Å². The number of para-hydroxylation sites is 1. The van der Waals surface area contributed by atoms with Gasteiger partial charge in [-0.05, 0) is 31.5 Å². The van der Waals surface area contributed by atoms with E-state index in [2.05, 4.69) is 9.97 Å². The molecule has 1 saturated heterocycles. The lowest BCUT2D eigenvalue weighted by atomic mass is 10.1. The molecule has 1 unspecified atom stereocenters. The average Bonchev–Trinajstić information content (AvgIpc) is 3.33.